The van der Waals surface area contributed by atoms with Gasteiger partial charge in [0.25, 0.3) is 5.91 Å². The van der Waals surface area contributed by atoms with Crippen LogP contribution in [0.3, 0.4) is 0 Å². The van der Waals surface area contributed by atoms with Crippen LogP contribution in [0.25, 0.3) is 0 Å². The van der Waals surface area contributed by atoms with Gasteiger partial charge >= 0.3 is 0 Å². The van der Waals surface area contributed by atoms with Crippen molar-refractivity contribution in [3.05, 3.63) is 81.5 Å². The third-order valence-electron chi connectivity index (χ3n) is 7.53. The second-order valence-corrected chi connectivity index (χ2v) is 11.6. The van der Waals surface area contributed by atoms with Gasteiger partial charge in [0, 0.05) is 23.5 Å². The summed E-state index contributed by atoms with van der Waals surface area (Å²) in [5, 5.41) is 2.09. The van der Waals surface area contributed by atoms with Gasteiger partial charge in [0.15, 0.2) is 0 Å². The highest BCUT2D eigenvalue weighted by atomic mass is 32.1. The number of fused-ring (bicyclic) bond motifs is 1. The summed E-state index contributed by atoms with van der Waals surface area (Å²) in [6, 6.07) is 17.2. The normalized spacial score (nSPS) is 15.5. The molecule has 3 aromatic rings. The average Bonchev–Trinajstić information content (AvgIpc) is 3.44. The monoisotopic (exact) mass is 548 g/mol. The van der Waals surface area contributed by atoms with E-state index >= 15 is 0 Å². The number of nitrogens with zero attached hydrogens (tertiary/aromatic N) is 2. The second kappa shape index (κ2) is 13.2. The van der Waals surface area contributed by atoms with Gasteiger partial charge in [-0.3, -0.25) is 9.59 Å². The highest BCUT2D eigenvalue weighted by molar-refractivity contribution is 7.10. The van der Waals surface area contributed by atoms with Gasteiger partial charge in [0.2, 0.25) is 5.91 Å². The SMILES string of the molecule is CC[C@H](C)CN(CC(=O)N1CCc2sccc2[C@H]1COc1ccc(C(C)C)cc1)C(=O)c1cccc(OC)c1. The Morgan fingerprint density at radius 2 is 1.85 bits per heavy atom. The second-order valence-electron chi connectivity index (χ2n) is 10.6. The Morgan fingerprint density at radius 1 is 1.08 bits per heavy atom. The largest absolute Gasteiger partial charge is 0.497 e. The highest BCUT2D eigenvalue weighted by Crippen LogP contribution is 2.34. The maximum atomic E-state index is 13.9. The minimum absolute atomic E-state index is 0.0272. The van der Waals surface area contributed by atoms with E-state index in [4.69, 9.17) is 9.47 Å². The van der Waals surface area contributed by atoms with Crippen LogP contribution in [0.15, 0.2) is 60.0 Å². The van der Waals surface area contributed by atoms with Crippen molar-refractivity contribution in [3.63, 3.8) is 0 Å². The Morgan fingerprint density at radius 3 is 2.54 bits per heavy atom. The first-order valence-corrected chi connectivity index (χ1v) is 14.7. The smallest absolute Gasteiger partial charge is 0.254 e. The topological polar surface area (TPSA) is 59.1 Å². The van der Waals surface area contributed by atoms with E-state index in [9.17, 15) is 9.59 Å². The third-order valence-corrected chi connectivity index (χ3v) is 8.53. The summed E-state index contributed by atoms with van der Waals surface area (Å²) in [5.41, 5.74) is 2.93. The van der Waals surface area contributed by atoms with E-state index in [1.54, 1.807) is 41.5 Å². The Hall–Kier alpha value is -3.32. The van der Waals surface area contributed by atoms with Gasteiger partial charge in [0.05, 0.1) is 13.2 Å². The van der Waals surface area contributed by atoms with Crippen LogP contribution in [0.5, 0.6) is 11.5 Å². The summed E-state index contributed by atoms with van der Waals surface area (Å²) >= 11 is 1.73. The van der Waals surface area contributed by atoms with Crippen molar-refractivity contribution in [1.82, 2.24) is 9.80 Å². The number of hydrogen-bond acceptors (Lipinski definition) is 5. The lowest BCUT2D eigenvalue weighted by molar-refractivity contribution is -0.135. The van der Waals surface area contributed by atoms with Crippen molar-refractivity contribution in [2.75, 3.05) is 33.4 Å². The Bertz CT molecular complexity index is 1250. The predicted octanol–water partition coefficient (Wildman–Crippen LogP) is 6.57. The van der Waals surface area contributed by atoms with Crippen molar-refractivity contribution >= 4 is 23.2 Å². The molecule has 39 heavy (non-hydrogen) atoms. The van der Waals surface area contributed by atoms with Gasteiger partial charge in [-0.15, -0.1) is 11.3 Å². The Balaban J connectivity index is 1.53. The van der Waals surface area contributed by atoms with Crippen LogP contribution in [0.2, 0.25) is 0 Å². The Kier molecular flexibility index (Phi) is 9.68. The van der Waals surface area contributed by atoms with Gasteiger partial charge in [-0.05, 0) is 71.2 Å². The lowest BCUT2D eigenvalue weighted by Gasteiger charge is -2.37. The van der Waals surface area contributed by atoms with Crippen molar-refractivity contribution in [2.45, 2.75) is 52.5 Å². The molecule has 0 unspecified atom stereocenters. The number of methoxy groups -OCH3 is 1. The fourth-order valence-electron chi connectivity index (χ4n) is 4.92. The van der Waals surface area contributed by atoms with Crippen molar-refractivity contribution in [2.24, 2.45) is 5.92 Å². The van der Waals surface area contributed by atoms with Gasteiger partial charge in [0.1, 0.15) is 24.7 Å². The molecule has 0 radical (unpaired) electrons. The maximum Gasteiger partial charge on any atom is 0.254 e. The number of amides is 2. The van der Waals surface area contributed by atoms with Crippen LogP contribution in [-0.4, -0.2) is 55.0 Å². The van der Waals surface area contributed by atoms with Crippen LogP contribution in [-0.2, 0) is 11.2 Å². The number of thiophene rings is 1. The van der Waals surface area contributed by atoms with E-state index in [0.29, 0.717) is 36.9 Å². The minimum atomic E-state index is -0.199. The Labute approximate surface area is 236 Å². The standard InChI is InChI=1S/C32H40N2O4S/c1-6-23(4)19-33(32(36)25-8-7-9-27(18-25)37-5)20-31(35)34-16-14-30-28(15-17-39-30)29(34)21-38-26-12-10-24(11-13-26)22(2)3/h7-13,15,17-18,22-23,29H,6,14,16,19-21H2,1-5H3/t23-,29+/m0/s1. The molecular weight excluding hydrogens is 508 g/mol. The van der Waals surface area contributed by atoms with Crippen LogP contribution in [0, 0.1) is 5.92 Å². The third kappa shape index (κ3) is 7.01. The fraction of sp³-hybridized carbons (Fsp3) is 0.438. The van der Waals surface area contributed by atoms with Crippen LogP contribution < -0.4 is 9.47 Å². The first-order valence-electron chi connectivity index (χ1n) is 13.8. The van der Waals surface area contributed by atoms with Crippen molar-refractivity contribution in [3.8, 4) is 11.5 Å². The molecule has 2 aromatic carbocycles. The zero-order chi connectivity index (χ0) is 27.9. The summed E-state index contributed by atoms with van der Waals surface area (Å²) in [7, 11) is 1.58. The van der Waals surface area contributed by atoms with Crippen molar-refractivity contribution < 1.29 is 19.1 Å². The molecule has 0 bridgehead atoms. The molecule has 0 aliphatic carbocycles. The molecule has 2 atom stereocenters. The van der Waals surface area contributed by atoms with E-state index in [0.717, 1.165) is 24.2 Å². The molecule has 0 saturated carbocycles. The van der Waals surface area contributed by atoms with Crippen LogP contribution >= 0.6 is 11.3 Å². The molecule has 1 aliphatic heterocycles. The van der Waals surface area contributed by atoms with E-state index in [1.165, 1.54) is 10.4 Å². The molecule has 4 rings (SSSR count). The summed E-state index contributed by atoms with van der Waals surface area (Å²) < 4.78 is 11.6. The summed E-state index contributed by atoms with van der Waals surface area (Å²) in [5.74, 6) is 1.92. The molecule has 1 aromatic heterocycles. The zero-order valence-electron chi connectivity index (χ0n) is 23.7. The maximum absolute atomic E-state index is 13.9. The fourth-order valence-corrected chi connectivity index (χ4v) is 5.84. The molecule has 2 amide bonds. The number of rotatable bonds is 11. The predicted molar refractivity (Wildman–Crippen MR) is 157 cm³/mol. The molecule has 0 N–H and O–H groups in total. The molecule has 0 spiro atoms. The zero-order valence-corrected chi connectivity index (χ0v) is 24.5. The van der Waals surface area contributed by atoms with Gasteiger partial charge in [-0.1, -0.05) is 52.3 Å². The van der Waals surface area contributed by atoms with Crippen molar-refractivity contribution in [1.29, 1.82) is 0 Å². The summed E-state index contributed by atoms with van der Waals surface area (Å²) in [6.07, 6.45) is 1.73. The average molecular weight is 549 g/mol. The molecule has 0 saturated heterocycles. The highest BCUT2D eigenvalue weighted by Gasteiger charge is 2.34. The van der Waals surface area contributed by atoms with Crippen LogP contribution in [0.1, 0.15) is 72.4 Å². The number of ether oxygens (including phenoxy) is 2. The molecule has 6 nitrogen and oxygen atoms in total. The number of hydrogen-bond donors (Lipinski definition) is 0. The van der Waals surface area contributed by atoms with Gasteiger partial charge in [-0.25, -0.2) is 0 Å². The van der Waals surface area contributed by atoms with Gasteiger partial charge < -0.3 is 19.3 Å². The summed E-state index contributed by atoms with van der Waals surface area (Å²) in [6.45, 7) is 10.1. The summed E-state index contributed by atoms with van der Waals surface area (Å²) in [4.78, 5) is 32.3. The molecule has 1 aliphatic rings. The van der Waals surface area contributed by atoms with E-state index in [1.807, 2.05) is 23.1 Å². The molecule has 208 valence electrons. The lowest BCUT2D eigenvalue weighted by atomic mass is 10.00. The van der Waals surface area contributed by atoms with Crippen LogP contribution in [0.4, 0.5) is 0 Å². The molecule has 7 heteroatoms. The number of benzene rings is 2. The number of carbonyl (C=O) groups excluding carboxylic acids is 2. The minimum Gasteiger partial charge on any atom is -0.497 e. The lowest BCUT2D eigenvalue weighted by Crippen LogP contribution is -2.48. The molecular formula is C32H40N2O4S. The number of carbonyl (C=O) groups is 2. The molecule has 2 heterocycles. The first-order chi connectivity index (χ1) is 18.8. The first kappa shape index (κ1) is 28.7. The van der Waals surface area contributed by atoms with E-state index < -0.39 is 0 Å². The van der Waals surface area contributed by atoms with Gasteiger partial charge in [-0.2, -0.15) is 0 Å². The van der Waals surface area contributed by atoms with E-state index in [-0.39, 0.29) is 30.3 Å². The quantitative estimate of drug-likeness (QED) is 0.272. The molecule has 0 fully saturated rings. The van der Waals surface area contributed by atoms with E-state index in [2.05, 4.69) is 51.3 Å².